The van der Waals surface area contributed by atoms with Crippen molar-refractivity contribution in [1.29, 1.82) is 0 Å². The first kappa shape index (κ1) is 21.5. The minimum absolute atomic E-state index is 0.400. The number of benzene rings is 2. The maximum Gasteiger partial charge on any atom is 0.336 e. The predicted molar refractivity (Wildman–Crippen MR) is 124 cm³/mol. The van der Waals surface area contributed by atoms with Crippen molar-refractivity contribution in [2.45, 2.75) is 26.7 Å². The molecule has 0 amide bonds. The van der Waals surface area contributed by atoms with Crippen LogP contribution in [-0.2, 0) is 4.79 Å². The predicted octanol–water partition coefficient (Wildman–Crippen LogP) is 6.69. The van der Waals surface area contributed by atoms with E-state index in [0.717, 1.165) is 47.0 Å². The smallest absolute Gasteiger partial charge is 0.336 e. The number of unbranched alkanes of at least 4 members (excludes halogenated alkanes) is 1. The Morgan fingerprint density at radius 2 is 1.77 bits per heavy atom. The van der Waals surface area contributed by atoms with Crippen LogP contribution in [0.3, 0.4) is 0 Å². The molecule has 1 heterocycles. The standard InChI is InChI=1S/C25H25NO3S/c1-3-4-17-28-22-13-9-21(10-14-22)26-19(2)20-7-11-23(12-8-20)29-25(27)16-15-24-6-5-18-30-24/h5-16,18H,3-4,17H2,1-2H3/b16-15+,26-19?. The quantitative estimate of drug-likeness (QED) is 0.128. The van der Waals surface area contributed by atoms with Gasteiger partial charge in [-0.3, -0.25) is 4.99 Å². The van der Waals surface area contributed by atoms with Gasteiger partial charge in [-0.05, 0) is 85.0 Å². The van der Waals surface area contributed by atoms with Gasteiger partial charge in [-0.1, -0.05) is 19.4 Å². The number of aliphatic imine (C=N–C) groups is 1. The number of hydrogen-bond donors (Lipinski definition) is 0. The lowest BCUT2D eigenvalue weighted by atomic mass is 10.1. The summed E-state index contributed by atoms with van der Waals surface area (Å²) in [5.41, 5.74) is 2.71. The van der Waals surface area contributed by atoms with E-state index in [1.54, 1.807) is 29.5 Å². The summed E-state index contributed by atoms with van der Waals surface area (Å²) >= 11 is 1.57. The summed E-state index contributed by atoms with van der Waals surface area (Å²) in [5.74, 6) is 0.961. The molecule has 4 nitrogen and oxygen atoms in total. The van der Waals surface area contributed by atoms with Crippen molar-refractivity contribution in [3.8, 4) is 11.5 Å². The van der Waals surface area contributed by atoms with Crippen molar-refractivity contribution in [3.05, 3.63) is 82.6 Å². The number of rotatable bonds is 9. The molecule has 0 bridgehead atoms. The average Bonchev–Trinajstić information content (AvgIpc) is 3.28. The minimum Gasteiger partial charge on any atom is -0.494 e. The lowest BCUT2D eigenvalue weighted by molar-refractivity contribution is -0.128. The van der Waals surface area contributed by atoms with Crippen molar-refractivity contribution >= 4 is 34.8 Å². The molecule has 0 aliphatic rings. The molecule has 30 heavy (non-hydrogen) atoms. The molecule has 0 radical (unpaired) electrons. The molecule has 0 spiro atoms. The topological polar surface area (TPSA) is 47.9 Å². The molecular formula is C25H25NO3S. The first-order valence-corrected chi connectivity index (χ1v) is 10.8. The van der Waals surface area contributed by atoms with Gasteiger partial charge in [-0.25, -0.2) is 4.79 Å². The molecule has 2 aromatic carbocycles. The van der Waals surface area contributed by atoms with E-state index in [1.165, 1.54) is 6.08 Å². The van der Waals surface area contributed by atoms with Crippen molar-refractivity contribution in [2.24, 2.45) is 4.99 Å². The number of esters is 1. The molecule has 0 unspecified atom stereocenters. The van der Waals surface area contributed by atoms with E-state index in [9.17, 15) is 4.79 Å². The van der Waals surface area contributed by atoms with Gasteiger partial charge < -0.3 is 9.47 Å². The molecule has 0 aliphatic heterocycles. The van der Waals surface area contributed by atoms with E-state index in [2.05, 4.69) is 11.9 Å². The summed E-state index contributed by atoms with van der Waals surface area (Å²) in [5, 5.41) is 1.96. The third-order valence-corrected chi connectivity index (χ3v) is 5.16. The second-order valence-electron chi connectivity index (χ2n) is 6.69. The third kappa shape index (κ3) is 6.71. The van der Waals surface area contributed by atoms with Gasteiger partial charge in [0, 0.05) is 16.7 Å². The Bertz CT molecular complexity index is 988. The van der Waals surface area contributed by atoms with Crippen LogP contribution in [0.5, 0.6) is 11.5 Å². The molecule has 3 aromatic rings. The molecule has 0 saturated heterocycles. The summed E-state index contributed by atoms with van der Waals surface area (Å²) in [6.45, 7) is 4.83. The van der Waals surface area contributed by atoms with Gasteiger partial charge >= 0.3 is 5.97 Å². The first-order chi connectivity index (χ1) is 14.6. The van der Waals surface area contributed by atoms with Crippen molar-refractivity contribution in [1.82, 2.24) is 0 Å². The number of carbonyl (C=O) groups is 1. The number of hydrogen-bond acceptors (Lipinski definition) is 5. The number of ether oxygens (including phenoxy) is 2. The van der Waals surface area contributed by atoms with Crippen LogP contribution in [0.25, 0.3) is 6.08 Å². The van der Waals surface area contributed by atoms with Crippen LogP contribution in [0, 0.1) is 0 Å². The van der Waals surface area contributed by atoms with Crippen LogP contribution in [0.4, 0.5) is 5.69 Å². The van der Waals surface area contributed by atoms with E-state index < -0.39 is 5.97 Å². The second-order valence-corrected chi connectivity index (χ2v) is 7.67. The van der Waals surface area contributed by atoms with Gasteiger partial charge in [0.2, 0.25) is 0 Å². The maximum absolute atomic E-state index is 11.9. The van der Waals surface area contributed by atoms with E-state index in [-0.39, 0.29) is 0 Å². The first-order valence-electron chi connectivity index (χ1n) is 9.96. The van der Waals surface area contributed by atoms with Crippen molar-refractivity contribution in [3.63, 3.8) is 0 Å². The molecule has 5 heteroatoms. The Kier molecular flexibility index (Phi) is 7.98. The fraction of sp³-hybridized carbons (Fsp3) is 0.200. The largest absolute Gasteiger partial charge is 0.494 e. The molecule has 0 N–H and O–H groups in total. The lowest BCUT2D eigenvalue weighted by Gasteiger charge is -2.06. The van der Waals surface area contributed by atoms with Crippen LogP contribution >= 0.6 is 11.3 Å². The van der Waals surface area contributed by atoms with Gasteiger partial charge in [0.15, 0.2) is 0 Å². The second kappa shape index (κ2) is 11.1. The Morgan fingerprint density at radius 3 is 2.43 bits per heavy atom. The summed E-state index contributed by atoms with van der Waals surface area (Å²) in [4.78, 5) is 17.6. The maximum atomic E-state index is 11.9. The minimum atomic E-state index is -0.400. The zero-order valence-corrected chi connectivity index (χ0v) is 18.0. The summed E-state index contributed by atoms with van der Waals surface area (Å²) in [6.07, 6.45) is 5.35. The van der Waals surface area contributed by atoms with Gasteiger partial charge in [0.05, 0.1) is 12.3 Å². The number of nitrogens with zero attached hydrogens (tertiary/aromatic N) is 1. The van der Waals surface area contributed by atoms with Gasteiger partial charge in [-0.2, -0.15) is 0 Å². The average molecular weight is 420 g/mol. The zero-order chi connectivity index (χ0) is 21.2. The third-order valence-electron chi connectivity index (χ3n) is 4.32. The Morgan fingerprint density at radius 1 is 1.03 bits per heavy atom. The van der Waals surface area contributed by atoms with Crippen LogP contribution in [-0.4, -0.2) is 18.3 Å². The molecule has 0 saturated carbocycles. The van der Waals surface area contributed by atoms with Crippen LogP contribution in [0.1, 0.15) is 37.1 Å². The SMILES string of the molecule is CCCCOc1ccc(N=C(C)c2ccc(OC(=O)/C=C/c3cccs3)cc2)cc1. The van der Waals surface area contributed by atoms with Crippen LogP contribution in [0.2, 0.25) is 0 Å². The fourth-order valence-corrected chi connectivity index (χ4v) is 3.28. The van der Waals surface area contributed by atoms with Gasteiger partial charge in [0.25, 0.3) is 0 Å². The van der Waals surface area contributed by atoms with Crippen LogP contribution in [0.15, 0.2) is 77.1 Å². The normalized spacial score (nSPS) is 11.6. The van der Waals surface area contributed by atoms with E-state index >= 15 is 0 Å². The van der Waals surface area contributed by atoms with E-state index in [1.807, 2.05) is 60.8 Å². The van der Waals surface area contributed by atoms with Crippen molar-refractivity contribution < 1.29 is 14.3 Å². The highest BCUT2D eigenvalue weighted by atomic mass is 32.1. The highest BCUT2D eigenvalue weighted by Gasteiger charge is 2.03. The summed E-state index contributed by atoms with van der Waals surface area (Å²) in [7, 11) is 0. The zero-order valence-electron chi connectivity index (χ0n) is 17.2. The Labute approximate surface area is 181 Å². The van der Waals surface area contributed by atoms with Gasteiger partial charge in [-0.15, -0.1) is 11.3 Å². The number of thiophene rings is 1. The molecule has 3 rings (SSSR count). The van der Waals surface area contributed by atoms with E-state index in [4.69, 9.17) is 9.47 Å². The fourth-order valence-electron chi connectivity index (χ4n) is 2.66. The monoisotopic (exact) mass is 419 g/mol. The molecule has 154 valence electrons. The highest BCUT2D eigenvalue weighted by molar-refractivity contribution is 7.10. The molecule has 0 atom stereocenters. The summed E-state index contributed by atoms with van der Waals surface area (Å²) in [6, 6.07) is 19.0. The molecule has 0 fully saturated rings. The Balaban J connectivity index is 1.57. The molecule has 0 aliphatic carbocycles. The van der Waals surface area contributed by atoms with Crippen LogP contribution < -0.4 is 9.47 Å². The highest BCUT2D eigenvalue weighted by Crippen LogP contribution is 2.21. The Hall–Kier alpha value is -3.18. The van der Waals surface area contributed by atoms with Gasteiger partial charge in [0.1, 0.15) is 11.5 Å². The lowest BCUT2D eigenvalue weighted by Crippen LogP contribution is -2.04. The van der Waals surface area contributed by atoms with E-state index in [0.29, 0.717) is 5.75 Å². The molecular weight excluding hydrogens is 394 g/mol. The van der Waals surface area contributed by atoms with Crippen molar-refractivity contribution in [2.75, 3.05) is 6.61 Å². The molecule has 1 aromatic heterocycles. The summed E-state index contributed by atoms with van der Waals surface area (Å²) < 4.78 is 11.0. The number of carbonyl (C=O) groups excluding carboxylic acids is 1.